The molecule has 0 saturated carbocycles. The molecule has 2 N–H and O–H groups in total. The quantitative estimate of drug-likeness (QED) is 0.654. The lowest BCUT2D eigenvalue weighted by Crippen LogP contribution is -1.96. The topological polar surface area (TPSA) is 61.7 Å². The maximum atomic E-state index is 12.7. The van der Waals surface area contributed by atoms with E-state index < -0.39 is 5.97 Å². The number of aromatic carboxylic acids is 1. The molecule has 2 aromatic rings. The summed E-state index contributed by atoms with van der Waals surface area (Å²) in [6, 6.07) is 12.1. The molecular weight excluding hydrogens is 247 g/mol. The van der Waals surface area contributed by atoms with Crippen molar-refractivity contribution in [3.05, 3.63) is 65.5 Å². The molecule has 0 aliphatic heterocycles. The first-order valence-electron chi connectivity index (χ1n) is 5.53. The molecule has 2 rings (SSSR count). The second-order valence-corrected chi connectivity index (χ2v) is 3.80. The standard InChI is InChI=1S/C14H11FN2O2/c15-12-5-1-10(2-6-12)9-16-17-13-7-3-11(4-8-13)14(18)19/h1-9,17H,(H,18,19)/b16-9-. The third-order valence-corrected chi connectivity index (χ3v) is 2.41. The van der Waals surface area contributed by atoms with Gasteiger partial charge in [-0.25, -0.2) is 9.18 Å². The van der Waals surface area contributed by atoms with Crippen LogP contribution >= 0.6 is 0 Å². The zero-order chi connectivity index (χ0) is 13.7. The Bertz CT molecular complexity index is 592. The second kappa shape index (κ2) is 5.77. The minimum Gasteiger partial charge on any atom is -0.478 e. The fourth-order valence-electron chi connectivity index (χ4n) is 1.42. The number of hydrogen-bond donors (Lipinski definition) is 2. The molecule has 0 radical (unpaired) electrons. The van der Waals surface area contributed by atoms with Crippen LogP contribution in [0.1, 0.15) is 15.9 Å². The minimum atomic E-state index is -0.971. The fraction of sp³-hybridized carbons (Fsp3) is 0. The van der Waals surface area contributed by atoms with Crippen LogP contribution in [0, 0.1) is 5.82 Å². The monoisotopic (exact) mass is 258 g/mol. The highest BCUT2D eigenvalue weighted by Crippen LogP contribution is 2.09. The molecule has 5 heteroatoms. The number of halogens is 1. The van der Waals surface area contributed by atoms with Gasteiger partial charge in [-0.1, -0.05) is 12.1 Å². The summed E-state index contributed by atoms with van der Waals surface area (Å²) >= 11 is 0. The molecule has 0 unspecified atom stereocenters. The number of carboxylic acid groups (broad SMARTS) is 1. The van der Waals surface area contributed by atoms with Gasteiger partial charge in [0.2, 0.25) is 0 Å². The number of carboxylic acids is 1. The predicted octanol–water partition coefficient (Wildman–Crippen LogP) is 2.97. The van der Waals surface area contributed by atoms with E-state index in [2.05, 4.69) is 10.5 Å². The molecule has 0 fully saturated rings. The molecule has 0 heterocycles. The first-order chi connectivity index (χ1) is 9.15. The minimum absolute atomic E-state index is 0.216. The lowest BCUT2D eigenvalue weighted by molar-refractivity contribution is 0.0697. The number of carbonyl (C=O) groups is 1. The van der Waals surface area contributed by atoms with E-state index in [0.29, 0.717) is 5.69 Å². The van der Waals surface area contributed by atoms with Crippen LogP contribution in [0.5, 0.6) is 0 Å². The van der Waals surface area contributed by atoms with E-state index in [4.69, 9.17) is 5.11 Å². The Labute approximate surface area is 109 Å². The lowest BCUT2D eigenvalue weighted by atomic mass is 10.2. The van der Waals surface area contributed by atoms with Crippen molar-refractivity contribution < 1.29 is 14.3 Å². The van der Waals surface area contributed by atoms with Crippen molar-refractivity contribution in [1.29, 1.82) is 0 Å². The van der Waals surface area contributed by atoms with Crippen LogP contribution in [0.15, 0.2) is 53.6 Å². The van der Waals surface area contributed by atoms with Crippen molar-refractivity contribution in [3.63, 3.8) is 0 Å². The Morgan fingerprint density at radius 1 is 1.11 bits per heavy atom. The van der Waals surface area contributed by atoms with Crippen LogP contribution in [0.4, 0.5) is 10.1 Å². The zero-order valence-corrected chi connectivity index (χ0v) is 9.88. The van der Waals surface area contributed by atoms with Gasteiger partial charge in [0.1, 0.15) is 5.82 Å². The van der Waals surface area contributed by atoms with Gasteiger partial charge in [0.25, 0.3) is 0 Å². The van der Waals surface area contributed by atoms with Crippen molar-refractivity contribution in [3.8, 4) is 0 Å². The van der Waals surface area contributed by atoms with Gasteiger partial charge in [-0.05, 0) is 42.0 Å². The highest BCUT2D eigenvalue weighted by atomic mass is 19.1. The summed E-state index contributed by atoms with van der Waals surface area (Å²) in [5.74, 6) is -1.27. The maximum absolute atomic E-state index is 12.7. The van der Waals surface area contributed by atoms with Gasteiger partial charge in [-0.15, -0.1) is 0 Å². The summed E-state index contributed by atoms with van der Waals surface area (Å²) in [6.45, 7) is 0. The molecule has 0 saturated heterocycles. The van der Waals surface area contributed by atoms with Gasteiger partial charge in [-0.2, -0.15) is 5.10 Å². The summed E-state index contributed by atoms with van der Waals surface area (Å²) < 4.78 is 12.7. The van der Waals surface area contributed by atoms with E-state index in [1.165, 1.54) is 24.3 Å². The third-order valence-electron chi connectivity index (χ3n) is 2.41. The number of rotatable bonds is 4. The Kier molecular flexibility index (Phi) is 3.87. The summed E-state index contributed by atoms with van der Waals surface area (Å²) in [5.41, 5.74) is 4.40. The number of nitrogens with one attached hydrogen (secondary N) is 1. The molecule has 4 nitrogen and oxygen atoms in total. The number of hydrazone groups is 1. The first kappa shape index (κ1) is 12.8. The van der Waals surface area contributed by atoms with Crippen LogP contribution in [-0.2, 0) is 0 Å². The molecule has 0 aliphatic rings. The Morgan fingerprint density at radius 3 is 2.32 bits per heavy atom. The van der Waals surface area contributed by atoms with E-state index in [1.807, 2.05) is 0 Å². The number of anilines is 1. The highest BCUT2D eigenvalue weighted by molar-refractivity contribution is 5.88. The Balaban J connectivity index is 1.98. The normalized spacial score (nSPS) is 10.6. The third kappa shape index (κ3) is 3.64. The van der Waals surface area contributed by atoms with Crippen molar-refractivity contribution in [1.82, 2.24) is 0 Å². The van der Waals surface area contributed by atoms with E-state index in [9.17, 15) is 9.18 Å². The Hall–Kier alpha value is -2.69. The van der Waals surface area contributed by atoms with Gasteiger partial charge >= 0.3 is 5.97 Å². The van der Waals surface area contributed by atoms with Gasteiger partial charge in [-0.3, -0.25) is 5.43 Å². The first-order valence-corrected chi connectivity index (χ1v) is 5.53. The van der Waals surface area contributed by atoms with Gasteiger partial charge in [0, 0.05) is 0 Å². The predicted molar refractivity (Wildman–Crippen MR) is 71.0 cm³/mol. The Morgan fingerprint density at radius 2 is 1.74 bits per heavy atom. The van der Waals surface area contributed by atoms with Gasteiger partial charge in [0.05, 0.1) is 17.5 Å². The summed E-state index contributed by atoms with van der Waals surface area (Å²) in [6.07, 6.45) is 1.55. The zero-order valence-electron chi connectivity index (χ0n) is 9.88. The molecule has 0 atom stereocenters. The van der Waals surface area contributed by atoms with Crippen LogP contribution in [0.25, 0.3) is 0 Å². The van der Waals surface area contributed by atoms with Crippen LogP contribution in [0.3, 0.4) is 0 Å². The van der Waals surface area contributed by atoms with E-state index in [-0.39, 0.29) is 11.4 Å². The van der Waals surface area contributed by atoms with Crippen LogP contribution in [0.2, 0.25) is 0 Å². The van der Waals surface area contributed by atoms with Crippen LogP contribution in [-0.4, -0.2) is 17.3 Å². The molecule has 19 heavy (non-hydrogen) atoms. The van der Waals surface area contributed by atoms with Gasteiger partial charge < -0.3 is 5.11 Å². The van der Waals surface area contributed by atoms with Gasteiger partial charge in [0.15, 0.2) is 0 Å². The summed E-state index contributed by atoms with van der Waals surface area (Å²) in [5, 5.41) is 12.7. The molecule has 0 aromatic heterocycles. The van der Waals surface area contributed by atoms with Crippen molar-refractivity contribution in [2.75, 3.05) is 5.43 Å². The van der Waals surface area contributed by atoms with E-state index in [0.717, 1.165) is 5.56 Å². The van der Waals surface area contributed by atoms with Crippen molar-refractivity contribution in [2.45, 2.75) is 0 Å². The summed E-state index contributed by atoms with van der Waals surface area (Å²) in [7, 11) is 0. The largest absolute Gasteiger partial charge is 0.478 e. The smallest absolute Gasteiger partial charge is 0.335 e. The maximum Gasteiger partial charge on any atom is 0.335 e. The van der Waals surface area contributed by atoms with Crippen molar-refractivity contribution >= 4 is 17.9 Å². The molecule has 0 aliphatic carbocycles. The summed E-state index contributed by atoms with van der Waals surface area (Å²) in [4.78, 5) is 10.7. The molecule has 2 aromatic carbocycles. The lowest BCUT2D eigenvalue weighted by Gasteiger charge is -2.00. The number of benzene rings is 2. The van der Waals surface area contributed by atoms with E-state index >= 15 is 0 Å². The SMILES string of the molecule is O=C(O)c1ccc(N/N=C\c2ccc(F)cc2)cc1. The average molecular weight is 258 g/mol. The molecule has 96 valence electrons. The molecule has 0 spiro atoms. The van der Waals surface area contributed by atoms with Crippen LogP contribution < -0.4 is 5.43 Å². The number of nitrogens with zero attached hydrogens (tertiary/aromatic N) is 1. The second-order valence-electron chi connectivity index (χ2n) is 3.80. The highest BCUT2D eigenvalue weighted by Gasteiger charge is 2.00. The van der Waals surface area contributed by atoms with Crippen molar-refractivity contribution in [2.24, 2.45) is 5.10 Å². The molecule has 0 bridgehead atoms. The average Bonchev–Trinajstić information content (AvgIpc) is 2.41. The molecular formula is C14H11FN2O2. The number of hydrogen-bond acceptors (Lipinski definition) is 3. The fourth-order valence-corrected chi connectivity index (χ4v) is 1.42. The van der Waals surface area contributed by atoms with E-state index in [1.54, 1.807) is 30.5 Å². The molecule has 0 amide bonds.